The van der Waals surface area contributed by atoms with Crippen molar-refractivity contribution < 1.29 is 4.39 Å². The van der Waals surface area contributed by atoms with Crippen molar-refractivity contribution in [1.82, 2.24) is 15.1 Å². The molecule has 0 amide bonds. The Bertz CT molecular complexity index is 521. The van der Waals surface area contributed by atoms with E-state index < -0.39 is 0 Å². The van der Waals surface area contributed by atoms with Gasteiger partial charge in [-0.05, 0) is 56.5 Å². The number of guanidine groups is 1. The molecule has 6 heteroatoms. The summed E-state index contributed by atoms with van der Waals surface area (Å²) in [5, 5.41) is 3.37. The van der Waals surface area contributed by atoms with Crippen LogP contribution in [0.5, 0.6) is 0 Å². The summed E-state index contributed by atoms with van der Waals surface area (Å²) < 4.78 is 13.0. The highest BCUT2D eigenvalue weighted by molar-refractivity contribution is 14.0. The first-order valence-corrected chi connectivity index (χ1v) is 9.08. The third-order valence-electron chi connectivity index (χ3n) is 4.58. The zero-order valence-corrected chi connectivity index (χ0v) is 18.0. The number of hydrogen-bond acceptors (Lipinski definition) is 2. The first-order valence-electron chi connectivity index (χ1n) is 9.08. The van der Waals surface area contributed by atoms with Crippen LogP contribution < -0.4 is 5.32 Å². The quantitative estimate of drug-likeness (QED) is 0.399. The number of hydrogen-bond donors (Lipinski definition) is 1. The standard InChI is InChI=1S/C19H31FN4.HI/c1-4-21-19(22-13-17-7-6-12-24(5-2)15-17)23(3)14-16-8-10-18(20)11-9-16;/h8-11,17H,4-7,12-15H2,1-3H3,(H,21,22);1H. The van der Waals surface area contributed by atoms with Crippen molar-refractivity contribution in [2.45, 2.75) is 33.2 Å². The molecule has 0 aromatic heterocycles. The summed E-state index contributed by atoms with van der Waals surface area (Å²) in [6, 6.07) is 6.68. The average molecular weight is 462 g/mol. The molecule has 1 N–H and O–H groups in total. The SMILES string of the molecule is CCNC(=NCC1CCCN(CC)C1)N(C)Cc1ccc(F)cc1.I. The van der Waals surface area contributed by atoms with E-state index in [0.29, 0.717) is 5.92 Å². The number of benzene rings is 1. The van der Waals surface area contributed by atoms with Crippen LogP contribution in [0.2, 0.25) is 0 Å². The number of nitrogens with zero attached hydrogens (tertiary/aromatic N) is 3. The fourth-order valence-electron chi connectivity index (χ4n) is 3.21. The average Bonchev–Trinajstić information content (AvgIpc) is 2.60. The number of likely N-dealkylation sites (tertiary alicyclic amines) is 1. The summed E-state index contributed by atoms with van der Waals surface area (Å²) >= 11 is 0. The summed E-state index contributed by atoms with van der Waals surface area (Å²) in [4.78, 5) is 9.47. The topological polar surface area (TPSA) is 30.9 Å². The highest BCUT2D eigenvalue weighted by atomic mass is 127. The molecule has 4 nitrogen and oxygen atoms in total. The van der Waals surface area contributed by atoms with Gasteiger partial charge in [-0.25, -0.2) is 4.39 Å². The van der Waals surface area contributed by atoms with Crippen molar-refractivity contribution in [1.29, 1.82) is 0 Å². The van der Waals surface area contributed by atoms with Crippen LogP contribution in [0.1, 0.15) is 32.3 Å². The summed E-state index contributed by atoms with van der Waals surface area (Å²) in [5.41, 5.74) is 1.08. The Morgan fingerprint density at radius 2 is 2.04 bits per heavy atom. The van der Waals surface area contributed by atoms with Gasteiger partial charge in [0.2, 0.25) is 0 Å². The van der Waals surface area contributed by atoms with E-state index in [1.54, 1.807) is 0 Å². The summed E-state index contributed by atoms with van der Waals surface area (Å²) in [6.45, 7) is 10.3. The molecule has 2 rings (SSSR count). The highest BCUT2D eigenvalue weighted by Crippen LogP contribution is 2.16. The molecule has 0 saturated carbocycles. The lowest BCUT2D eigenvalue weighted by Crippen LogP contribution is -2.40. The maximum atomic E-state index is 13.0. The van der Waals surface area contributed by atoms with E-state index in [0.717, 1.165) is 44.2 Å². The van der Waals surface area contributed by atoms with Gasteiger partial charge in [0, 0.05) is 33.2 Å². The lowest BCUT2D eigenvalue weighted by Gasteiger charge is -2.31. The second-order valence-corrected chi connectivity index (χ2v) is 6.58. The van der Waals surface area contributed by atoms with Crippen molar-refractivity contribution in [3.05, 3.63) is 35.6 Å². The van der Waals surface area contributed by atoms with Crippen LogP contribution in [0, 0.1) is 11.7 Å². The molecule has 142 valence electrons. The first kappa shape index (κ1) is 22.2. The molecular formula is C19H32FIN4. The normalized spacial score (nSPS) is 18.6. The lowest BCUT2D eigenvalue weighted by molar-refractivity contribution is 0.186. The third-order valence-corrected chi connectivity index (χ3v) is 4.58. The molecule has 0 aliphatic carbocycles. The van der Waals surface area contributed by atoms with Gasteiger partial charge in [-0.3, -0.25) is 4.99 Å². The predicted molar refractivity (Wildman–Crippen MR) is 114 cm³/mol. The van der Waals surface area contributed by atoms with Gasteiger partial charge in [0.15, 0.2) is 5.96 Å². The first-order chi connectivity index (χ1) is 11.6. The smallest absolute Gasteiger partial charge is 0.193 e. The Hall–Kier alpha value is -0.890. The van der Waals surface area contributed by atoms with Gasteiger partial charge in [0.1, 0.15) is 5.82 Å². The van der Waals surface area contributed by atoms with E-state index in [9.17, 15) is 4.39 Å². The van der Waals surface area contributed by atoms with Crippen LogP contribution >= 0.6 is 24.0 Å². The van der Waals surface area contributed by atoms with Crippen LogP contribution in [0.15, 0.2) is 29.3 Å². The maximum Gasteiger partial charge on any atom is 0.193 e. The molecular weight excluding hydrogens is 430 g/mol. The van der Waals surface area contributed by atoms with Crippen molar-refractivity contribution in [2.75, 3.05) is 39.8 Å². The van der Waals surface area contributed by atoms with Crippen molar-refractivity contribution >= 4 is 29.9 Å². The second kappa shape index (κ2) is 11.7. The van der Waals surface area contributed by atoms with Gasteiger partial charge in [0.05, 0.1) is 0 Å². The van der Waals surface area contributed by atoms with Gasteiger partial charge in [-0.1, -0.05) is 19.1 Å². The molecule has 1 aromatic rings. The summed E-state index contributed by atoms with van der Waals surface area (Å²) in [7, 11) is 2.03. The predicted octanol–water partition coefficient (Wildman–Crippen LogP) is 3.57. The molecule has 1 fully saturated rings. The van der Waals surface area contributed by atoms with Crippen LogP contribution in [0.25, 0.3) is 0 Å². The van der Waals surface area contributed by atoms with Gasteiger partial charge in [-0.15, -0.1) is 24.0 Å². The molecule has 1 unspecified atom stereocenters. The molecule has 1 heterocycles. The van der Waals surface area contributed by atoms with Crippen molar-refractivity contribution in [3.8, 4) is 0 Å². The molecule has 1 saturated heterocycles. The largest absolute Gasteiger partial charge is 0.357 e. The Kier molecular flexibility index (Phi) is 10.3. The van der Waals surface area contributed by atoms with Crippen LogP contribution in [0.4, 0.5) is 4.39 Å². The van der Waals surface area contributed by atoms with Crippen molar-refractivity contribution in [3.63, 3.8) is 0 Å². The van der Waals surface area contributed by atoms with Gasteiger partial charge in [0.25, 0.3) is 0 Å². The van der Waals surface area contributed by atoms with Gasteiger partial charge < -0.3 is 15.1 Å². The molecule has 0 bridgehead atoms. The Morgan fingerprint density at radius 1 is 1.32 bits per heavy atom. The van der Waals surface area contributed by atoms with Crippen LogP contribution in [-0.2, 0) is 6.54 Å². The molecule has 0 radical (unpaired) electrons. The molecule has 1 atom stereocenters. The molecule has 1 aromatic carbocycles. The minimum Gasteiger partial charge on any atom is -0.357 e. The van der Waals surface area contributed by atoms with E-state index in [4.69, 9.17) is 4.99 Å². The Labute approximate surface area is 168 Å². The second-order valence-electron chi connectivity index (χ2n) is 6.58. The molecule has 1 aliphatic rings. The number of rotatable bonds is 6. The number of nitrogens with one attached hydrogen (secondary N) is 1. The summed E-state index contributed by atoms with van der Waals surface area (Å²) in [5.74, 6) is 1.38. The van der Waals surface area contributed by atoms with E-state index in [1.807, 2.05) is 19.2 Å². The van der Waals surface area contributed by atoms with E-state index in [-0.39, 0.29) is 29.8 Å². The number of aliphatic imine (C=N–C) groups is 1. The van der Waals surface area contributed by atoms with E-state index in [2.05, 4.69) is 29.0 Å². The third kappa shape index (κ3) is 7.48. The molecule has 0 spiro atoms. The van der Waals surface area contributed by atoms with Crippen LogP contribution in [-0.4, -0.2) is 55.5 Å². The minimum absolute atomic E-state index is 0. The molecule has 1 aliphatic heterocycles. The number of halogens is 2. The maximum absolute atomic E-state index is 13.0. The fraction of sp³-hybridized carbons (Fsp3) is 0.632. The fourth-order valence-corrected chi connectivity index (χ4v) is 3.21. The van der Waals surface area contributed by atoms with Gasteiger partial charge >= 0.3 is 0 Å². The zero-order valence-electron chi connectivity index (χ0n) is 15.7. The lowest BCUT2D eigenvalue weighted by atomic mass is 9.98. The minimum atomic E-state index is -0.195. The Balaban J connectivity index is 0.00000312. The van der Waals surface area contributed by atoms with Crippen LogP contribution in [0.3, 0.4) is 0 Å². The van der Waals surface area contributed by atoms with Crippen molar-refractivity contribution in [2.24, 2.45) is 10.9 Å². The zero-order chi connectivity index (χ0) is 17.4. The van der Waals surface area contributed by atoms with E-state index in [1.165, 1.54) is 31.5 Å². The molecule has 25 heavy (non-hydrogen) atoms. The monoisotopic (exact) mass is 462 g/mol. The van der Waals surface area contributed by atoms with Gasteiger partial charge in [-0.2, -0.15) is 0 Å². The van der Waals surface area contributed by atoms with E-state index >= 15 is 0 Å². The summed E-state index contributed by atoms with van der Waals surface area (Å²) in [6.07, 6.45) is 2.54. The Morgan fingerprint density at radius 3 is 2.68 bits per heavy atom. The number of piperidine rings is 1. The highest BCUT2D eigenvalue weighted by Gasteiger charge is 2.18.